The van der Waals surface area contributed by atoms with E-state index in [0.29, 0.717) is 21.6 Å². The molecule has 0 aliphatic heterocycles. The van der Waals surface area contributed by atoms with Gasteiger partial charge in [-0.15, -0.1) is 5.10 Å². The minimum Gasteiger partial charge on any atom is -0.414 e. The van der Waals surface area contributed by atoms with Crippen molar-refractivity contribution < 1.29 is 4.42 Å². The zero-order chi connectivity index (χ0) is 18.2. The second kappa shape index (κ2) is 7.02. The van der Waals surface area contributed by atoms with Crippen molar-refractivity contribution in [3.05, 3.63) is 22.4 Å². The highest BCUT2D eigenvalue weighted by Gasteiger charge is 2.52. The molecule has 0 unspecified atom stereocenters. The normalized spacial score (nSPS) is 36.6. The monoisotopic (exact) mass is 362 g/mol. The highest BCUT2D eigenvalue weighted by atomic mass is 32.1. The Morgan fingerprint density at radius 1 is 1.40 bits per heavy atom. The van der Waals surface area contributed by atoms with Gasteiger partial charge in [0.2, 0.25) is 5.89 Å². The van der Waals surface area contributed by atoms with Gasteiger partial charge in [0.1, 0.15) is 0 Å². The van der Waals surface area contributed by atoms with Crippen LogP contribution in [-0.2, 0) is 6.42 Å². The summed E-state index contributed by atoms with van der Waals surface area (Å²) in [7, 11) is 0. The Labute approximate surface area is 157 Å². The second-order valence-electron chi connectivity index (χ2n) is 9.23. The smallest absolute Gasteiger partial charge is 0.284 e. The maximum atomic E-state index is 5.45. The summed E-state index contributed by atoms with van der Waals surface area (Å²) in [6.07, 6.45) is 11.2. The number of hydrogen-bond acceptors (Lipinski definition) is 3. The molecule has 1 aromatic rings. The van der Waals surface area contributed by atoms with E-state index in [2.05, 4.69) is 50.9 Å². The lowest BCUT2D eigenvalue weighted by molar-refractivity contribution is -0.0501. The SMILES string of the molecule is CC1=CCC[C@@H]2[C@@](C)(CC[C@@H](C)Cc3n[nH]c(=S)o3)[C@H](C)CC[C@]12C. The molecule has 0 radical (unpaired) electrons. The topological polar surface area (TPSA) is 41.8 Å². The first-order chi connectivity index (χ1) is 11.8. The van der Waals surface area contributed by atoms with Crippen LogP contribution in [0.25, 0.3) is 0 Å². The van der Waals surface area contributed by atoms with E-state index in [0.717, 1.165) is 24.1 Å². The average Bonchev–Trinajstić information content (AvgIpc) is 2.97. The van der Waals surface area contributed by atoms with Crippen LogP contribution < -0.4 is 0 Å². The van der Waals surface area contributed by atoms with Crippen molar-refractivity contribution in [2.75, 3.05) is 0 Å². The molecule has 140 valence electrons. The lowest BCUT2D eigenvalue weighted by Crippen LogP contribution is -2.49. The third-order valence-electron chi connectivity index (χ3n) is 7.78. The third-order valence-corrected chi connectivity index (χ3v) is 7.95. The Balaban J connectivity index is 1.70. The predicted molar refractivity (Wildman–Crippen MR) is 105 cm³/mol. The zero-order valence-corrected chi connectivity index (χ0v) is 17.3. The second-order valence-corrected chi connectivity index (χ2v) is 9.61. The molecule has 0 spiro atoms. The predicted octanol–water partition coefficient (Wildman–Crippen LogP) is 6.49. The molecule has 3 rings (SSSR count). The number of aromatic nitrogens is 2. The summed E-state index contributed by atoms with van der Waals surface area (Å²) in [6, 6.07) is 0. The van der Waals surface area contributed by atoms with Crippen molar-refractivity contribution in [3.63, 3.8) is 0 Å². The van der Waals surface area contributed by atoms with E-state index in [9.17, 15) is 0 Å². The maximum Gasteiger partial charge on any atom is 0.284 e. The molecule has 1 fully saturated rings. The average molecular weight is 363 g/mol. The maximum absolute atomic E-state index is 5.45. The minimum absolute atomic E-state index is 0.385. The van der Waals surface area contributed by atoms with Crippen LogP contribution in [0.2, 0.25) is 0 Å². The number of rotatable bonds is 5. The number of fused-ring (bicyclic) bond motifs is 1. The number of nitrogens with one attached hydrogen (secondary N) is 1. The van der Waals surface area contributed by atoms with E-state index in [-0.39, 0.29) is 0 Å². The zero-order valence-electron chi connectivity index (χ0n) is 16.5. The van der Waals surface area contributed by atoms with E-state index >= 15 is 0 Å². The molecule has 25 heavy (non-hydrogen) atoms. The highest BCUT2D eigenvalue weighted by Crippen LogP contribution is 2.61. The number of allylic oxidation sites excluding steroid dienone is 2. The van der Waals surface area contributed by atoms with Crippen molar-refractivity contribution in [2.45, 2.75) is 79.6 Å². The molecule has 1 aromatic heterocycles. The molecule has 2 aliphatic rings. The van der Waals surface area contributed by atoms with Gasteiger partial charge in [-0.05, 0) is 86.3 Å². The molecule has 4 heteroatoms. The Hall–Kier alpha value is -0.900. The van der Waals surface area contributed by atoms with Crippen LogP contribution in [0.15, 0.2) is 16.1 Å². The fourth-order valence-corrected chi connectivity index (χ4v) is 5.78. The van der Waals surface area contributed by atoms with Gasteiger partial charge in [-0.3, -0.25) is 0 Å². The molecule has 5 atom stereocenters. The number of aromatic amines is 1. The molecule has 0 bridgehead atoms. The van der Waals surface area contributed by atoms with Crippen molar-refractivity contribution in [2.24, 2.45) is 28.6 Å². The number of hydrogen-bond donors (Lipinski definition) is 1. The molecule has 3 nitrogen and oxygen atoms in total. The highest BCUT2D eigenvalue weighted by molar-refractivity contribution is 7.71. The Morgan fingerprint density at radius 3 is 2.84 bits per heavy atom. The van der Waals surface area contributed by atoms with Crippen molar-refractivity contribution in [1.29, 1.82) is 0 Å². The fourth-order valence-electron chi connectivity index (χ4n) is 5.64. The van der Waals surface area contributed by atoms with Gasteiger partial charge >= 0.3 is 0 Å². The standard InChI is InChI=1S/C21H34N2OS/c1-14(13-18-22-23-19(25)24-18)9-11-20(4)16(3)10-12-21(5)15(2)7-6-8-17(20)21/h7,14,16-17H,6,8-13H2,1-5H3,(H,23,25)/t14-,16-,17-,20+,21-/m1/s1. The Bertz CT molecular complexity index is 690. The Kier molecular flexibility index (Phi) is 5.30. The molecule has 0 saturated heterocycles. The molecular weight excluding hydrogens is 328 g/mol. The number of nitrogens with zero attached hydrogens (tertiary/aromatic N) is 1. The van der Waals surface area contributed by atoms with Crippen LogP contribution in [0.4, 0.5) is 0 Å². The van der Waals surface area contributed by atoms with E-state index in [1.807, 2.05) is 0 Å². The molecule has 0 aromatic carbocycles. The molecule has 0 amide bonds. The van der Waals surface area contributed by atoms with Crippen LogP contribution in [0, 0.1) is 33.4 Å². The first-order valence-electron chi connectivity index (χ1n) is 9.97. The summed E-state index contributed by atoms with van der Waals surface area (Å²) in [5, 5.41) is 6.90. The minimum atomic E-state index is 0.385. The molecule has 2 aliphatic carbocycles. The van der Waals surface area contributed by atoms with Crippen LogP contribution in [0.3, 0.4) is 0 Å². The van der Waals surface area contributed by atoms with Gasteiger partial charge < -0.3 is 4.42 Å². The van der Waals surface area contributed by atoms with Gasteiger partial charge in [-0.25, -0.2) is 5.10 Å². The van der Waals surface area contributed by atoms with E-state index < -0.39 is 0 Å². The van der Waals surface area contributed by atoms with E-state index in [4.69, 9.17) is 16.6 Å². The van der Waals surface area contributed by atoms with Gasteiger partial charge in [0.15, 0.2) is 0 Å². The summed E-state index contributed by atoms with van der Waals surface area (Å²) in [5.41, 5.74) is 2.49. The van der Waals surface area contributed by atoms with Crippen LogP contribution in [0.1, 0.15) is 79.0 Å². The summed E-state index contributed by atoms with van der Waals surface area (Å²) in [4.78, 5) is 0.385. The largest absolute Gasteiger partial charge is 0.414 e. The summed E-state index contributed by atoms with van der Waals surface area (Å²) >= 11 is 4.98. The lowest BCUT2D eigenvalue weighted by Gasteiger charge is -2.58. The number of H-pyrrole nitrogens is 1. The summed E-state index contributed by atoms with van der Waals surface area (Å²) in [5.74, 6) is 2.94. The van der Waals surface area contributed by atoms with Crippen molar-refractivity contribution in [1.82, 2.24) is 10.2 Å². The van der Waals surface area contributed by atoms with Crippen LogP contribution in [-0.4, -0.2) is 10.2 Å². The quantitative estimate of drug-likeness (QED) is 0.481. The molecule has 1 N–H and O–H groups in total. The van der Waals surface area contributed by atoms with Gasteiger partial charge in [0.25, 0.3) is 4.84 Å². The first kappa shape index (κ1) is 18.9. The summed E-state index contributed by atoms with van der Waals surface area (Å²) < 4.78 is 5.45. The van der Waals surface area contributed by atoms with Crippen molar-refractivity contribution in [3.8, 4) is 0 Å². The van der Waals surface area contributed by atoms with Crippen LogP contribution in [0.5, 0.6) is 0 Å². The fraction of sp³-hybridized carbons (Fsp3) is 0.810. The Morgan fingerprint density at radius 2 is 2.16 bits per heavy atom. The van der Waals surface area contributed by atoms with Gasteiger partial charge in [0, 0.05) is 6.42 Å². The van der Waals surface area contributed by atoms with E-state index in [1.54, 1.807) is 5.57 Å². The van der Waals surface area contributed by atoms with Crippen LogP contribution >= 0.6 is 12.2 Å². The molecule has 1 heterocycles. The van der Waals surface area contributed by atoms with Gasteiger partial charge in [-0.2, -0.15) is 0 Å². The molecular formula is C21H34N2OS. The van der Waals surface area contributed by atoms with E-state index in [1.165, 1.54) is 38.5 Å². The van der Waals surface area contributed by atoms with Gasteiger partial charge in [0.05, 0.1) is 0 Å². The third kappa shape index (κ3) is 3.51. The van der Waals surface area contributed by atoms with Gasteiger partial charge in [-0.1, -0.05) is 39.3 Å². The molecule has 1 saturated carbocycles. The van der Waals surface area contributed by atoms with Crippen molar-refractivity contribution >= 4 is 12.2 Å². The first-order valence-corrected chi connectivity index (χ1v) is 10.4. The lowest BCUT2D eigenvalue weighted by atomic mass is 9.47. The summed E-state index contributed by atoms with van der Waals surface area (Å²) in [6.45, 7) is 12.3.